The smallest absolute Gasteiger partial charge is 0.328 e. The van der Waals surface area contributed by atoms with Crippen LogP contribution in [0.5, 0.6) is 0 Å². The summed E-state index contributed by atoms with van der Waals surface area (Å²) in [6, 6.07) is 23.4. The lowest BCUT2D eigenvalue weighted by molar-refractivity contribution is -0.131. The van der Waals surface area contributed by atoms with Gasteiger partial charge in [-0.25, -0.2) is 4.79 Å². The van der Waals surface area contributed by atoms with E-state index < -0.39 is 5.97 Å². The van der Waals surface area contributed by atoms with Crippen LogP contribution in [0.3, 0.4) is 0 Å². The number of hydrogen-bond donors (Lipinski definition) is 2. The molecule has 0 heterocycles. The van der Waals surface area contributed by atoms with Crippen LogP contribution in [0, 0.1) is 0 Å². The molecule has 3 rings (SSSR count). The minimum atomic E-state index is -0.980. The summed E-state index contributed by atoms with van der Waals surface area (Å²) in [7, 11) is 0. The van der Waals surface area contributed by atoms with Crippen molar-refractivity contribution in [2.75, 3.05) is 5.73 Å². The predicted molar refractivity (Wildman–Crippen MR) is 98.4 cm³/mol. The van der Waals surface area contributed by atoms with Crippen LogP contribution in [-0.4, -0.2) is 11.1 Å². The van der Waals surface area contributed by atoms with E-state index in [2.05, 4.69) is 0 Å². The third-order valence-electron chi connectivity index (χ3n) is 3.80. The van der Waals surface area contributed by atoms with Crippen LogP contribution in [0.15, 0.2) is 78.9 Å². The molecule has 3 aromatic rings. The Bertz CT molecular complexity index is 884. The molecule has 0 atom stereocenters. The van der Waals surface area contributed by atoms with Gasteiger partial charge in [0.2, 0.25) is 0 Å². The number of carboxylic acids is 1. The molecular formula is C21H17NO2. The van der Waals surface area contributed by atoms with Gasteiger partial charge in [-0.3, -0.25) is 0 Å². The largest absolute Gasteiger partial charge is 0.478 e. The highest BCUT2D eigenvalue weighted by Crippen LogP contribution is 2.39. The molecule has 0 aliphatic carbocycles. The maximum absolute atomic E-state index is 10.9. The third kappa shape index (κ3) is 3.20. The van der Waals surface area contributed by atoms with Gasteiger partial charge in [0.05, 0.1) is 0 Å². The Balaban J connectivity index is 2.31. The van der Waals surface area contributed by atoms with Crippen molar-refractivity contribution >= 4 is 17.7 Å². The van der Waals surface area contributed by atoms with Crippen LogP contribution < -0.4 is 5.73 Å². The van der Waals surface area contributed by atoms with Crippen LogP contribution in [0.25, 0.3) is 28.3 Å². The summed E-state index contributed by atoms with van der Waals surface area (Å²) in [5.41, 5.74) is 11.6. The molecule has 0 fully saturated rings. The molecule has 0 saturated carbocycles. The summed E-state index contributed by atoms with van der Waals surface area (Å²) >= 11 is 0. The number of carbonyl (C=O) groups is 1. The van der Waals surface area contributed by atoms with Crippen molar-refractivity contribution in [3.8, 4) is 22.3 Å². The monoisotopic (exact) mass is 315 g/mol. The number of aliphatic carboxylic acids is 1. The normalized spacial score (nSPS) is 10.8. The average molecular weight is 315 g/mol. The second kappa shape index (κ2) is 6.84. The fourth-order valence-corrected chi connectivity index (χ4v) is 2.77. The molecule has 0 aliphatic heterocycles. The Morgan fingerprint density at radius 1 is 0.792 bits per heavy atom. The first-order valence-electron chi connectivity index (χ1n) is 7.61. The number of carboxylic acid groups (broad SMARTS) is 1. The van der Waals surface area contributed by atoms with E-state index in [0.29, 0.717) is 5.69 Å². The lowest BCUT2D eigenvalue weighted by Gasteiger charge is -2.16. The zero-order chi connectivity index (χ0) is 16.9. The lowest BCUT2D eigenvalue weighted by atomic mass is 9.89. The van der Waals surface area contributed by atoms with Gasteiger partial charge in [-0.1, -0.05) is 66.7 Å². The molecule has 0 saturated heterocycles. The zero-order valence-corrected chi connectivity index (χ0v) is 13.0. The summed E-state index contributed by atoms with van der Waals surface area (Å²) in [4.78, 5) is 10.9. The van der Waals surface area contributed by atoms with Gasteiger partial charge in [0.1, 0.15) is 0 Å². The van der Waals surface area contributed by atoms with Gasteiger partial charge < -0.3 is 10.8 Å². The van der Waals surface area contributed by atoms with Gasteiger partial charge in [-0.15, -0.1) is 0 Å². The first-order chi connectivity index (χ1) is 11.7. The van der Waals surface area contributed by atoms with E-state index in [9.17, 15) is 4.79 Å². The molecule has 0 bridgehead atoms. The summed E-state index contributed by atoms with van der Waals surface area (Å²) in [5, 5.41) is 8.97. The average Bonchev–Trinajstić information content (AvgIpc) is 2.61. The third-order valence-corrected chi connectivity index (χ3v) is 3.80. The number of rotatable bonds is 4. The van der Waals surface area contributed by atoms with E-state index in [0.717, 1.165) is 33.9 Å². The van der Waals surface area contributed by atoms with Crippen molar-refractivity contribution in [1.82, 2.24) is 0 Å². The number of nitrogens with two attached hydrogens (primary N) is 1. The minimum absolute atomic E-state index is 0.660. The highest BCUT2D eigenvalue weighted by Gasteiger charge is 2.14. The van der Waals surface area contributed by atoms with E-state index in [-0.39, 0.29) is 0 Å². The molecular weight excluding hydrogens is 298 g/mol. The van der Waals surface area contributed by atoms with E-state index in [4.69, 9.17) is 10.8 Å². The fourth-order valence-electron chi connectivity index (χ4n) is 2.77. The topological polar surface area (TPSA) is 63.3 Å². The Kier molecular flexibility index (Phi) is 4.43. The van der Waals surface area contributed by atoms with E-state index in [1.807, 2.05) is 72.8 Å². The molecule has 3 aromatic carbocycles. The molecule has 0 unspecified atom stereocenters. The van der Waals surface area contributed by atoms with Gasteiger partial charge >= 0.3 is 5.97 Å². The molecule has 0 spiro atoms. The zero-order valence-electron chi connectivity index (χ0n) is 13.0. The number of hydrogen-bond acceptors (Lipinski definition) is 2. The number of benzene rings is 3. The van der Waals surface area contributed by atoms with Gasteiger partial charge in [0.15, 0.2) is 0 Å². The lowest BCUT2D eigenvalue weighted by Crippen LogP contribution is -1.96. The maximum Gasteiger partial charge on any atom is 0.328 e. The number of nitrogen functional groups attached to an aromatic ring is 1. The molecule has 3 nitrogen and oxygen atoms in total. The summed E-state index contributed by atoms with van der Waals surface area (Å²) in [6.45, 7) is 0. The minimum Gasteiger partial charge on any atom is -0.478 e. The predicted octanol–water partition coefficient (Wildman–Crippen LogP) is 4.70. The van der Waals surface area contributed by atoms with Crippen molar-refractivity contribution in [1.29, 1.82) is 0 Å². The van der Waals surface area contributed by atoms with Gasteiger partial charge in [0.25, 0.3) is 0 Å². The van der Waals surface area contributed by atoms with Crippen LogP contribution in [-0.2, 0) is 4.79 Å². The Hall–Kier alpha value is -3.33. The van der Waals surface area contributed by atoms with Crippen LogP contribution >= 0.6 is 0 Å². The standard InChI is InChI=1S/C21H17NO2/c22-18-13-11-17(12-14-19(23)24)20(15-7-3-1-4-8-15)21(18)16-9-5-2-6-10-16/h1-14H,22H2,(H,23,24). The van der Waals surface area contributed by atoms with Gasteiger partial charge in [-0.05, 0) is 34.4 Å². The van der Waals surface area contributed by atoms with Crippen molar-refractivity contribution < 1.29 is 9.90 Å². The SMILES string of the molecule is Nc1ccc(C=CC(=O)O)c(-c2ccccc2)c1-c1ccccc1. The Morgan fingerprint density at radius 2 is 1.33 bits per heavy atom. The van der Waals surface area contributed by atoms with E-state index in [1.54, 1.807) is 6.08 Å². The Morgan fingerprint density at radius 3 is 1.88 bits per heavy atom. The first-order valence-corrected chi connectivity index (χ1v) is 7.61. The first kappa shape index (κ1) is 15.6. The fraction of sp³-hybridized carbons (Fsp3) is 0. The molecule has 24 heavy (non-hydrogen) atoms. The maximum atomic E-state index is 10.9. The van der Waals surface area contributed by atoms with Gasteiger partial charge in [-0.2, -0.15) is 0 Å². The summed E-state index contributed by atoms with van der Waals surface area (Å²) < 4.78 is 0. The van der Waals surface area contributed by atoms with Crippen molar-refractivity contribution in [2.45, 2.75) is 0 Å². The van der Waals surface area contributed by atoms with Crippen LogP contribution in [0.4, 0.5) is 5.69 Å². The number of anilines is 1. The van der Waals surface area contributed by atoms with Crippen molar-refractivity contribution in [2.24, 2.45) is 0 Å². The highest BCUT2D eigenvalue weighted by atomic mass is 16.4. The Labute approximate surface area is 140 Å². The van der Waals surface area contributed by atoms with Crippen LogP contribution in [0.1, 0.15) is 5.56 Å². The molecule has 0 aromatic heterocycles. The van der Waals surface area contributed by atoms with Crippen molar-refractivity contribution in [3.05, 3.63) is 84.4 Å². The molecule has 0 amide bonds. The quantitative estimate of drug-likeness (QED) is 0.542. The van der Waals surface area contributed by atoms with E-state index >= 15 is 0 Å². The highest BCUT2D eigenvalue weighted by molar-refractivity contribution is 5.97. The summed E-state index contributed by atoms with van der Waals surface area (Å²) in [6.07, 6.45) is 2.75. The van der Waals surface area contributed by atoms with Gasteiger partial charge in [0, 0.05) is 17.3 Å². The second-order valence-corrected chi connectivity index (χ2v) is 5.40. The van der Waals surface area contributed by atoms with E-state index in [1.165, 1.54) is 0 Å². The van der Waals surface area contributed by atoms with Crippen LogP contribution in [0.2, 0.25) is 0 Å². The molecule has 3 N–H and O–H groups in total. The second-order valence-electron chi connectivity index (χ2n) is 5.40. The molecule has 118 valence electrons. The summed E-state index contributed by atoms with van der Waals surface area (Å²) in [5.74, 6) is -0.980. The molecule has 3 heteroatoms. The molecule has 0 aliphatic rings. The van der Waals surface area contributed by atoms with Crippen molar-refractivity contribution in [3.63, 3.8) is 0 Å². The molecule has 0 radical (unpaired) electrons.